The Morgan fingerprint density at radius 3 is 1.72 bits per heavy atom. The Hall–Kier alpha value is -8.25. The first kappa shape index (κ1) is 46.5. The van der Waals surface area contributed by atoms with E-state index in [1.807, 2.05) is 49.2 Å². The number of benzene rings is 7. The molecule has 1 spiro atoms. The van der Waals surface area contributed by atoms with Gasteiger partial charge in [0.15, 0.2) is 0 Å². The van der Waals surface area contributed by atoms with Gasteiger partial charge in [-0.15, -0.1) is 0 Å². The summed E-state index contributed by atoms with van der Waals surface area (Å²) in [5, 5.41) is 0. The maximum absolute atomic E-state index is 6.98. The molecule has 0 fully saturated rings. The van der Waals surface area contributed by atoms with Crippen molar-refractivity contribution in [2.75, 3.05) is 4.90 Å². The summed E-state index contributed by atoms with van der Waals surface area (Å²) in [5.74, 6) is 1.90. The monoisotopic (exact) mass is 1150 g/mol. The molecule has 0 amide bonds. The molecule has 8 heteroatoms. The van der Waals surface area contributed by atoms with Gasteiger partial charge in [0.25, 0.3) is 0 Å². The van der Waals surface area contributed by atoms with Crippen LogP contribution >= 0.6 is 0 Å². The Balaban J connectivity index is 0.986. The van der Waals surface area contributed by atoms with Gasteiger partial charge in [0.05, 0.1) is 0 Å². The molecule has 2 aliphatic rings. The number of aromatic nitrogens is 5. The van der Waals surface area contributed by atoms with E-state index in [9.17, 15) is 0 Å². The quantitative estimate of drug-likeness (QED) is 0.149. The minimum atomic E-state index is -0.742. The first-order chi connectivity index (χ1) is 36.4. The Kier molecular flexibility index (Phi) is 11.0. The summed E-state index contributed by atoms with van der Waals surface area (Å²) in [6.07, 6.45) is 9.72. The van der Waals surface area contributed by atoms with Gasteiger partial charge in [-0.25, -0.2) is 0 Å². The van der Waals surface area contributed by atoms with Crippen LogP contribution in [0, 0.1) is 15.9 Å². The van der Waals surface area contributed by atoms with E-state index in [4.69, 9.17) is 19.7 Å². The van der Waals surface area contributed by atoms with Crippen molar-refractivity contribution in [2.24, 2.45) is 0 Å². The molecular weight excluding hydrogens is 1100 g/mol. The van der Waals surface area contributed by atoms with Gasteiger partial charge in [0, 0.05) is 31.0 Å². The third-order valence-corrected chi connectivity index (χ3v) is 16.0. The maximum atomic E-state index is 6.98. The van der Waals surface area contributed by atoms with Crippen LogP contribution in [-0.4, -0.2) is 24.1 Å². The van der Waals surface area contributed by atoms with Gasteiger partial charge < -0.3 is 0 Å². The Labute approximate surface area is 448 Å². The van der Waals surface area contributed by atoms with Gasteiger partial charge >= 0.3 is 331 Å². The molecule has 0 saturated heterocycles. The van der Waals surface area contributed by atoms with Gasteiger partial charge in [0.2, 0.25) is 0 Å². The number of fused-ring (bicyclic) bond motifs is 10. The number of rotatable bonds is 7. The van der Waals surface area contributed by atoms with Crippen LogP contribution in [0.15, 0.2) is 207 Å². The summed E-state index contributed by atoms with van der Waals surface area (Å²) in [6.45, 7) is 13.6. The molecule has 13 rings (SSSR count). The molecule has 1 aliphatic heterocycles. The second-order valence-corrected chi connectivity index (χ2v) is 22.5. The summed E-state index contributed by atoms with van der Waals surface area (Å²) < 4.78 is 12.7. The number of hydrogen-bond acceptors (Lipinski definition) is 5. The summed E-state index contributed by atoms with van der Waals surface area (Å²) in [4.78, 5) is 16.8. The third kappa shape index (κ3) is 7.50. The molecule has 0 bridgehead atoms. The van der Waals surface area contributed by atoms with Crippen molar-refractivity contribution in [3.63, 3.8) is 0 Å². The zero-order valence-corrected chi connectivity index (χ0v) is 44.8. The van der Waals surface area contributed by atoms with E-state index in [0.29, 0.717) is 11.5 Å². The number of ether oxygens (including phenoxy) is 1. The van der Waals surface area contributed by atoms with Crippen LogP contribution in [0.3, 0.4) is 0 Å². The fourth-order valence-corrected chi connectivity index (χ4v) is 12.4. The number of pyridine rings is 3. The molecule has 1 aliphatic carbocycles. The van der Waals surface area contributed by atoms with Crippen molar-refractivity contribution in [1.82, 2.24) is 24.1 Å². The molecule has 0 atom stereocenters. The van der Waals surface area contributed by atoms with Crippen molar-refractivity contribution in [1.29, 1.82) is 0 Å². The van der Waals surface area contributed by atoms with Gasteiger partial charge in [-0.1, -0.05) is 39.0 Å². The summed E-state index contributed by atoms with van der Waals surface area (Å²) in [7, 11) is 0. The molecule has 368 valence electrons. The molecule has 7 aromatic carbocycles. The fourth-order valence-electron chi connectivity index (χ4n) is 11.4. The average molecular weight is 1150 g/mol. The predicted octanol–water partition coefficient (Wildman–Crippen LogP) is 16.2. The number of hydrogen-bond donors (Lipinski definition) is 0. The molecule has 5 heterocycles. The van der Waals surface area contributed by atoms with Crippen LogP contribution in [0.25, 0.3) is 55.8 Å². The number of nitrogens with zero attached hydrogens (tertiary/aromatic N) is 6. The van der Waals surface area contributed by atoms with Crippen molar-refractivity contribution >= 4 is 28.2 Å². The van der Waals surface area contributed by atoms with Crippen LogP contribution in [-0.2, 0) is 35.6 Å². The van der Waals surface area contributed by atoms with Crippen LogP contribution in [0.1, 0.15) is 74.9 Å². The predicted molar refractivity (Wildman–Crippen MR) is 297 cm³/mol. The van der Waals surface area contributed by atoms with E-state index >= 15 is 0 Å². The van der Waals surface area contributed by atoms with E-state index in [2.05, 4.69) is 245 Å². The van der Waals surface area contributed by atoms with Crippen LogP contribution < -0.4 is 9.64 Å². The van der Waals surface area contributed by atoms with E-state index in [1.165, 1.54) is 11.1 Å². The normalized spacial score (nSPS) is 13.4. The second kappa shape index (κ2) is 17.7. The van der Waals surface area contributed by atoms with Crippen LogP contribution in [0.2, 0.25) is 0 Å². The van der Waals surface area contributed by atoms with E-state index in [-0.39, 0.29) is 10.8 Å². The molecular formula is C67H52N6OPt-2. The van der Waals surface area contributed by atoms with Crippen LogP contribution in [0.4, 0.5) is 17.2 Å². The zero-order chi connectivity index (χ0) is 51.2. The molecule has 0 radical (unpaired) electrons. The Morgan fingerprint density at radius 1 is 0.493 bits per heavy atom. The third-order valence-electron chi connectivity index (χ3n) is 14.9. The van der Waals surface area contributed by atoms with Gasteiger partial charge in [-0.05, 0) is 40.3 Å². The number of anilines is 3. The summed E-state index contributed by atoms with van der Waals surface area (Å²) >= 11 is 2.50. The first-order valence-electron chi connectivity index (χ1n) is 25.4. The fraction of sp³-hybridized carbons (Fsp3) is 0.134. The molecule has 0 unspecified atom stereocenters. The summed E-state index contributed by atoms with van der Waals surface area (Å²) in [5.41, 5.74) is 18.7. The number of para-hydroxylation sites is 3. The van der Waals surface area contributed by atoms with Gasteiger partial charge in [-0.3, -0.25) is 9.97 Å². The van der Waals surface area contributed by atoms with Gasteiger partial charge in [-0.2, -0.15) is 0 Å². The number of imidazole rings is 1. The SMILES string of the molecule is CC(C)(C)c1ccnc(N2c3[c-]c(Oc4[c-]c(-n5[c](=[Pt])n(-c6c(-c7ccccc7)cc(C(C)(C)C)cc6-c6ccccc6)c6ccccc65)ccc4)ccc3C3(c4cnccc4-c4ccncc43)c3ccccc32)c1. The first-order valence-corrected chi connectivity index (χ1v) is 26.5. The second-order valence-electron chi connectivity index (χ2n) is 21.5. The average Bonchev–Trinajstić information content (AvgIpc) is 4.16. The van der Waals surface area contributed by atoms with Crippen molar-refractivity contribution < 1.29 is 24.1 Å². The van der Waals surface area contributed by atoms with E-state index in [0.717, 1.165) is 99.0 Å². The molecule has 7 nitrogen and oxygen atoms in total. The van der Waals surface area contributed by atoms with Crippen molar-refractivity contribution in [3.8, 4) is 56.3 Å². The van der Waals surface area contributed by atoms with Crippen molar-refractivity contribution in [2.45, 2.75) is 57.8 Å². The Bertz CT molecular complexity index is 4000. The Morgan fingerprint density at radius 2 is 1.08 bits per heavy atom. The molecule has 0 saturated carbocycles. The van der Waals surface area contributed by atoms with E-state index in [1.54, 1.807) is 0 Å². The minimum absolute atomic E-state index is 0.0941. The topological polar surface area (TPSA) is 61.0 Å². The van der Waals surface area contributed by atoms with E-state index < -0.39 is 5.41 Å². The molecule has 75 heavy (non-hydrogen) atoms. The molecule has 11 aromatic rings. The van der Waals surface area contributed by atoms with Crippen LogP contribution in [0.5, 0.6) is 11.5 Å². The molecule has 4 aromatic heterocycles. The standard InChI is InChI=1S/C67H52N6O.Pt/c1-65(2,3)46-30-35-70-63(38-46)73-59-25-14-13-24-55(59)67(57-41-68-33-31-51(57)52-32-34-69-42-58(52)67)56-29-28-50(40-62(56)73)74-49-23-17-22-48(39-49)71-43-72(61-27-16-15-26-60(61)71)64-53(44-18-9-7-10-19-44)36-47(66(4,5)6)37-54(64)45-20-11-8-12-21-45;/h7-38,41-42H,1-6H3;/q-2;. The molecule has 0 N–H and O–H groups in total. The zero-order valence-electron chi connectivity index (χ0n) is 42.5. The summed E-state index contributed by atoms with van der Waals surface area (Å²) in [6, 6.07) is 70.1. The van der Waals surface area contributed by atoms with Crippen molar-refractivity contribution in [3.05, 3.63) is 256 Å². The van der Waals surface area contributed by atoms with Gasteiger partial charge in [0.1, 0.15) is 0 Å².